The number of aliphatic hydroxyl groups excluding tert-OH is 1. The van der Waals surface area contributed by atoms with Gasteiger partial charge in [0.2, 0.25) is 11.6 Å². The second kappa shape index (κ2) is 7.15. The molecule has 0 spiro atoms. The highest BCUT2D eigenvalue weighted by Gasteiger charge is 2.61. The van der Waals surface area contributed by atoms with Gasteiger partial charge < -0.3 is 28.8 Å². The summed E-state index contributed by atoms with van der Waals surface area (Å²) in [5.41, 5.74) is -0.463. The first-order valence-electron chi connectivity index (χ1n) is 8.35. The number of methoxy groups -OCH3 is 2. The van der Waals surface area contributed by atoms with Crippen LogP contribution in [0, 0.1) is 0 Å². The molecule has 2 aliphatic rings. The van der Waals surface area contributed by atoms with Gasteiger partial charge in [-0.1, -0.05) is 30.0 Å². The molecular weight excluding hydrogens is 344 g/mol. The van der Waals surface area contributed by atoms with Crippen molar-refractivity contribution in [3.05, 3.63) is 30.3 Å². The number of hydrogen-bond acceptors (Lipinski definition) is 7. The van der Waals surface area contributed by atoms with Crippen LogP contribution in [0.25, 0.3) is 0 Å². The summed E-state index contributed by atoms with van der Waals surface area (Å²) in [5.74, 6) is -2.26. The van der Waals surface area contributed by atoms with E-state index in [0.717, 1.165) is 4.90 Å². The predicted octanol–water partition coefficient (Wildman–Crippen LogP) is 2.39. The van der Waals surface area contributed by atoms with Crippen LogP contribution < -0.4 is 0 Å². The molecule has 1 N–H and O–H groups in total. The van der Waals surface area contributed by atoms with E-state index in [0.29, 0.717) is 0 Å². The highest BCUT2D eigenvalue weighted by Crippen LogP contribution is 2.45. The quantitative estimate of drug-likeness (QED) is 0.873. The van der Waals surface area contributed by atoms with Crippen LogP contribution in [0.1, 0.15) is 20.8 Å². The third-order valence-electron chi connectivity index (χ3n) is 5.07. The van der Waals surface area contributed by atoms with E-state index in [4.69, 9.17) is 23.7 Å². The maximum absolute atomic E-state index is 10.9. The zero-order valence-electron chi connectivity index (χ0n) is 15.2. The van der Waals surface area contributed by atoms with E-state index in [-0.39, 0.29) is 6.10 Å². The minimum absolute atomic E-state index is 0.273. The highest BCUT2D eigenvalue weighted by molar-refractivity contribution is 7.99. The Morgan fingerprint density at radius 3 is 2.12 bits per heavy atom. The molecular formula is C18H26O6S. The molecule has 2 saturated heterocycles. The van der Waals surface area contributed by atoms with Crippen LogP contribution in [0.5, 0.6) is 0 Å². The monoisotopic (exact) mass is 370 g/mol. The predicted molar refractivity (Wildman–Crippen MR) is 93.2 cm³/mol. The Morgan fingerprint density at radius 1 is 1.00 bits per heavy atom. The van der Waals surface area contributed by atoms with Crippen LogP contribution in [0.15, 0.2) is 35.2 Å². The summed E-state index contributed by atoms with van der Waals surface area (Å²) in [6.07, 6.45) is -2.19. The first-order valence-corrected chi connectivity index (χ1v) is 9.22. The molecule has 140 valence electrons. The normalized spacial score (nSPS) is 44.3. The van der Waals surface area contributed by atoms with Gasteiger partial charge in [-0.05, 0) is 32.9 Å². The first kappa shape index (κ1) is 19.1. The molecule has 3 rings (SSSR count). The summed E-state index contributed by atoms with van der Waals surface area (Å²) >= 11 is 1.47. The number of rotatable bonds is 4. The van der Waals surface area contributed by atoms with E-state index in [9.17, 15) is 5.11 Å². The molecule has 2 unspecified atom stereocenters. The van der Waals surface area contributed by atoms with Crippen molar-refractivity contribution >= 4 is 11.8 Å². The van der Waals surface area contributed by atoms with Crippen molar-refractivity contribution in [2.45, 2.75) is 67.1 Å². The van der Waals surface area contributed by atoms with Crippen molar-refractivity contribution in [3.8, 4) is 0 Å². The van der Waals surface area contributed by atoms with Crippen LogP contribution in [-0.2, 0) is 23.7 Å². The van der Waals surface area contributed by atoms with Crippen molar-refractivity contribution in [2.24, 2.45) is 0 Å². The van der Waals surface area contributed by atoms with Crippen LogP contribution in [-0.4, -0.2) is 60.8 Å². The number of aliphatic hydroxyl groups is 1. The standard InChI is InChI=1S/C18H26O6S/c1-11-14-15(24-18(3,21-5)17(2,20-4)23-14)13(19)16(22-11)25-12-9-7-6-8-10-12/h6-11,13-16,19H,1-5H3/t11-,13?,14-,15?,16-,17+,18+/m0/s1. The largest absolute Gasteiger partial charge is 0.387 e. The highest BCUT2D eigenvalue weighted by atomic mass is 32.2. The lowest BCUT2D eigenvalue weighted by molar-refractivity contribution is -0.468. The Bertz CT molecular complexity index is 586. The van der Waals surface area contributed by atoms with Gasteiger partial charge in [0.25, 0.3) is 0 Å². The summed E-state index contributed by atoms with van der Waals surface area (Å²) in [5, 5.41) is 10.9. The van der Waals surface area contributed by atoms with Gasteiger partial charge in [0.15, 0.2) is 0 Å². The van der Waals surface area contributed by atoms with Crippen molar-refractivity contribution in [1.29, 1.82) is 0 Å². The molecule has 2 aliphatic heterocycles. The van der Waals surface area contributed by atoms with Gasteiger partial charge >= 0.3 is 0 Å². The van der Waals surface area contributed by atoms with Gasteiger partial charge in [0.05, 0.1) is 6.10 Å². The molecule has 1 aromatic carbocycles. The van der Waals surface area contributed by atoms with E-state index in [1.807, 2.05) is 37.3 Å². The third kappa shape index (κ3) is 3.35. The molecule has 0 saturated carbocycles. The average Bonchev–Trinajstić information content (AvgIpc) is 2.62. The fourth-order valence-corrected chi connectivity index (χ4v) is 4.32. The fraction of sp³-hybridized carbons (Fsp3) is 0.667. The molecule has 1 aromatic rings. The van der Waals surface area contributed by atoms with Crippen molar-refractivity contribution in [2.75, 3.05) is 14.2 Å². The zero-order valence-corrected chi connectivity index (χ0v) is 16.0. The van der Waals surface area contributed by atoms with Crippen molar-refractivity contribution < 1.29 is 28.8 Å². The molecule has 0 amide bonds. The van der Waals surface area contributed by atoms with Crippen molar-refractivity contribution in [3.63, 3.8) is 0 Å². The van der Waals surface area contributed by atoms with E-state index in [2.05, 4.69) is 0 Å². The molecule has 0 aromatic heterocycles. The van der Waals surface area contributed by atoms with Gasteiger partial charge in [-0.15, -0.1) is 0 Å². The third-order valence-corrected chi connectivity index (χ3v) is 6.24. The molecule has 2 fully saturated rings. The molecule has 7 heteroatoms. The Balaban J connectivity index is 1.82. The zero-order chi connectivity index (χ0) is 18.2. The fourth-order valence-electron chi connectivity index (χ4n) is 3.22. The molecule has 0 aliphatic carbocycles. The number of benzene rings is 1. The molecule has 7 atom stereocenters. The summed E-state index contributed by atoms with van der Waals surface area (Å²) < 4.78 is 29.4. The topological polar surface area (TPSA) is 66.4 Å². The lowest BCUT2D eigenvalue weighted by Crippen LogP contribution is -2.71. The first-order chi connectivity index (χ1) is 11.8. The Labute approximate surface area is 152 Å². The Morgan fingerprint density at radius 2 is 1.56 bits per heavy atom. The molecule has 0 radical (unpaired) electrons. The lowest BCUT2D eigenvalue weighted by Gasteiger charge is -2.56. The van der Waals surface area contributed by atoms with Crippen molar-refractivity contribution in [1.82, 2.24) is 0 Å². The second-order valence-electron chi connectivity index (χ2n) is 6.60. The average molecular weight is 370 g/mol. The number of ether oxygens (including phenoxy) is 5. The van der Waals surface area contributed by atoms with Crippen LogP contribution in [0.3, 0.4) is 0 Å². The summed E-state index contributed by atoms with van der Waals surface area (Å²) in [6.45, 7) is 5.42. The van der Waals surface area contributed by atoms with E-state index < -0.39 is 35.3 Å². The Kier molecular flexibility index (Phi) is 5.46. The Hall–Kier alpha value is -0.670. The lowest BCUT2D eigenvalue weighted by atomic mass is 9.95. The summed E-state index contributed by atoms with van der Waals surface area (Å²) in [4.78, 5) is 1.02. The molecule has 2 heterocycles. The van der Waals surface area contributed by atoms with Gasteiger partial charge in [-0.2, -0.15) is 0 Å². The van der Waals surface area contributed by atoms with E-state index in [1.54, 1.807) is 21.0 Å². The number of fused-ring (bicyclic) bond motifs is 1. The maximum Gasteiger partial charge on any atom is 0.220 e. The summed E-state index contributed by atoms with van der Waals surface area (Å²) in [7, 11) is 3.08. The molecule has 0 bridgehead atoms. The van der Waals surface area contributed by atoms with Crippen LogP contribution in [0.4, 0.5) is 0 Å². The second-order valence-corrected chi connectivity index (χ2v) is 7.77. The summed E-state index contributed by atoms with van der Waals surface area (Å²) in [6, 6.07) is 9.83. The van der Waals surface area contributed by atoms with Crippen LogP contribution in [0.2, 0.25) is 0 Å². The van der Waals surface area contributed by atoms with Gasteiger partial charge in [-0.25, -0.2) is 0 Å². The molecule has 25 heavy (non-hydrogen) atoms. The molecule has 6 nitrogen and oxygen atoms in total. The number of thioether (sulfide) groups is 1. The minimum Gasteiger partial charge on any atom is -0.387 e. The van der Waals surface area contributed by atoms with Gasteiger partial charge in [-0.3, -0.25) is 0 Å². The van der Waals surface area contributed by atoms with Gasteiger partial charge in [0, 0.05) is 19.1 Å². The number of hydrogen-bond donors (Lipinski definition) is 1. The van der Waals surface area contributed by atoms with E-state index in [1.165, 1.54) is 18.9 Å². The van der Waals surface area contributed by atoms with Gasteiger partial charge in [0.1, 0.15) is 23.7 Å². The maximum atomic E-state index is 10.9. The van der Waals surface area contributed by atoms with Crippen LogP contribution >= 0.6 is 11.8 Å². The van der Waals surface area contributed by atoms with E-state index >= 15 is 0 Å². The SMILES string of the molecule is CO[C@]1(C)OC2C(O)[C@H](Sc3ccccc3)O[C@@H](C)[C@@H]2O[C@@]1(C)OC. The smallest absolute Gasteiger partial charge is 0.220 e. The minimum atomic E-state index is -1.15.